The fourth-order valence-electron chi connectivity index (χ4n) is 2.63. The van der Waals surface area contributed by atoms with Crippen molar-refractivity contribution in [1.29, 1.82) is 0 Å². The number of aryl methyl sites for hydroxylation is 1. The van der Waals surface area contributed by atoms with Gasteiger partial charge in [0.15, 0.2) is 0 Å². The van der Waals surface area contributed by atoms with Gasteiger partial charge in [0.2, 0.25) is 5.91 Å². The minimum atomic E-state index is -0.595. The van der Waals surface area contributed by atoms with E-state index in [0.29, 0.717) is 11.3 Å². The third-order valence-corrected chi connectivity index (χ3v) is 4.20. The second-order valence-corrected chi connectivity index (χ2v) is 5.69. The molecule has 0 aliphatic carbocycles. The zero-order valence-corrected chi connectivity index (χ0v) is 12.8. The van der Waals surface area contributed by atoms with E-state index in [9.17, 15) is 14.0 Å². The van der Waals surface area contributed by atoms with Crippen molar-refractivity contribution in [2.45, 2.75) is 46.2 Å². The third-order valence-electron chi connectivity index (χ3n) is 4.20. The molecule has 0 saturated carbocycles. The number of piperazine rings is 1. The molecule has 2 rings (SSSR count). The Morgan fingerprint density at radius 2 is 2.05 bits per heavy atom. The van der Waals surface area contributed by atoms with E-state index >= 15 is 0 Å². The Labute approximate surface area is 124 Å². The van der Waals surface area contributed by atoms with Crippen molar-refractivity contribution in [2.24, 2.45) is 5.92 Å². The summed E-state index contributed by atoms with van der Waals surface area (Å²) in [6.45, 7) is 7.34. The molecule has 1 aliphatic heterocycles. The third kappa shape index (κ3) is 2.77. The minimum absolute atomic E-state index is 0.0530. The van der Waals surface area contributed by atoms with Gasteiger partial charge < -0.3 is 5.32 Å². The number of nitrogens with one attached hydrogen (secondary N) is 1. The first-order valence-electron chi connectivity index (χ1n) is 7.26. The molecule has 1 aromatic rings. The lowest BCUT2D eigenvalue weighted by molar-refractivity contribution is -0.134. The fourth-order valence-corrected chi connectivity index (χ4v) is 2.63. The predicted molar refractivity (Wildman–Crippen MR) is 79.5 cm³/mol. The van der Waals surface area contributed by atoms with Gasteiger partial charge in [-0.3, -0.25) is 14.5 Å². The van der Waals surface area contributed by atoms with E-state index in [4.69, 9.17) is 0 Å². The number of hydrogen-bond donors (Lipinski definition) is 1. The molecule has 1 saturated heterocycles. The smallest absolute Gasteiger partial charge is 0.250 e. The normalized spacial score (nSPS) is 24.0. The molecule has 114 valence electrons. The summed E-state index contributed by atoms with van der Waals surface area (Å²) in [6, 6.07) is 3.13. The molecule has 4 nitrogen and oxygen atoms in total. The Kier molecular flexibility index (Phi) is 4.30. The van der Waals surface area contributed by atoms with Crippen LogP contribution in [0.25, 0.3) is 0 Å². The van der Waals surface area contributed by atoms with E-state index in [1.807, 2.05) is 13.8 Å². The maximum atomic E-state index is 13.3. The monoisotopic (exact) mass is 292 g/mol. The van der Waals surface area contributed by atoms with Gasteiger partial charge in [-0.1, -0.05) is 20.3 Å². The van der Waals surface area contributed by atoms with Crippen LogP contribution in [0.3, 0.4) is 0 Å². The molecule has 0 aromatic heterocycles. The Morgan fingerprint density at radius 3 is 2.62 bits per heavy atom. The Hall–Kier alpha value is -1.91. The molecule has 0 spiro atoms. The fraction of sp³-hybridized carbons (Fsp3) is 0.500. The van der Waals surface area contributed by atoms with Crippen LogP contribution < -0.4 is 10.2 Å². The van der Waals surface area contributed by atoms with Gasteiger partial charge in [0.25, 0.3) is 5.91 Å². The summed E-state index contributed by atoms with van der Waals surface area (Å²) in [5.74, 6) is -0.608. The Bertz CT molecular complexity index is 573. The van der Waals surface area contributed by atoms with Gasteiger partial charge in [0.1, 0.15) is 17.9 Å². The summed E-state index contributed by atoms with van der Waals surface area (Å²) in [6.07, 6.45) is 0.793. The van der Waals surface area contributed by atoms with Gasteiger partial charge in [-0.25, -0.2) is 4.39 Å². The van der Waals surface area contributed by atoms with Crippen molar-refractivity contribution < 1.29 is 14.0 Å². The lowest BCUT2D eigenvalue weighted by atomic mass is 9.93. The number of amides is 2. The molecule has 5 heteroatoms. The van der Waals surface area contributed by atoms with Crippen molar-refractivity contribution >= 4 is 17.5 Å². The molecular formula is C16H21FN2O2. The van der Waals surface area contributed by atoms with Gasteiger partial charge in [-0.15, -0.1) is 0 Å². The molecule has 1 aromatic carbocycles. The van der Waals surface area contributed by atoms with E-state index < -0.39 is 12.1 Å². The number of benzene rings is 1. The number of carbonyl (C=O) groups is 2. The van der Waals surface area contributed by atoms with Crippen molar-refractivity contribution in [2.75, 3.05) is 4.90 Å². The summed E-state index contributed by atoms with van der Waals surface area (Å²) in [7, 11) is 0. The lowest BCUT2D eigenvalue weighted by Gasteiger charge is -2.39. The molecule has 2 amide bonds. The molecule has 1 N–H and O–H groups in total. The molecule has 0 radical (unpaired) electrons. The molecular weight excluding hydrogens is 271 g/mol. The summed E-state index contributed by atoms with van der Waals surface area (Å²) in [4.78, 5) is 26.4. The van der Waals surface area contributed by atoms with Crippen LogP contribution in [-0.4, -0.2) is 23.9 Å². The van der Waals surface area contributed by atoms with Crippen molar-refractivity contribution in [3.8, 4) is 0 Å². The summed E-state index contributed by atoms with van der Waals surface area (Å²) >= 11 is 0. The van der Waals surface area contributed by atoms with Crippen LogP contribution >= 0.6 is 0 Å². The van der Waals surface area contributed by atoms with E-state index in [1.165, 1.54) is 17.0 Å². The average Bonchev–Trinajstić information content (AvgIpc) is 2.44. The van der Waals surface area contributed by atoms with Crippen LogP contribution in [0.5, 0.6) is 0 Å². The number of rotatable bonds is 3. The number of halogens is 1. The molecule has 1 heterocycles. The highest BCUT2D eigenvalue weighted by Gasteiger charge is 2.41. The summed E-state index contributed by atoms with van der Waals surface area (Å²) in [5.41, 5.74) is 1.24. The highest BCUT2D eigenvalue weighted by atomic mass is 19.1. The maximum absolute atomic E-state index is 13.3. The standard InChI is InChI=1S/C16H21FN2O2/c1-5-9(2)14-16(21)19(11(4)15(20)18-14)13-7-6-12(17)8-10(13)3/h6-9,11,14H,5H2,1-4H3,(H,18,20). The van der Waals surface area contributed by atoms with E-state index in [2.05, 4.69) is 5.32 Å². The summed E-state index contributed by atoms with van der Waals surface area (Å²) < 4.78 is 13.3. The number of anilines is 1. The maximum Gasteiger partial charge on any atom is 0.250 e. The molecule has 21 heavy (non-hydrogen) atoms. The van der Waals surface area contributed by atoms with E-state index in [1.54, 1.807) is 19.9 Å². The predicted octanol–water partition coefficient (Wildman–Crippen LogP) is 2.40. The van der Waals surface area contributed by atoms with Crippen molar-refractivity contribution in [3.05, 3.63) is 29.6 Å². The second kappa shape index (κ2) is 5.84. The van der Waals surface area contributed by atoms with Gasteiger partial charge in [0.05, 0.1) is 0 Å². The highest BCUT2D eigenvalue weighted by Crippen LogP contribution is 2.27. The van der Waals surface area contributed by atoms with Crippen LogP contribution in [0, 0.1) is 18.7 Å². The van der Waals surface area contributed by atoms with Crippen LogP contribution in [-0.2, 0) is 9.59 Å². The average molecular weight is 292 g/mol. The molecule has 3 unspecified atom stereocenters. The topological polar surface area (TPSA) is 49.4 Å². The van der Waals surface area contributed by atoms with Gasteiger partial charge in [-0.05, 0) is 43.5 Å². The second-order valence-electron chi connectivity index (χ2n) is 5.69. The SMILES string of the molecule is CCC(C)C1NC(=O)C(C)N(c2ccc(F)cc2C)C1=O. The summed E-state index contributed by atoms with van der Waals surface area (Å²) in [5, 5.41) is 2.79. The van der Waals surface area contributed by atoms with Crippen molar-refractivity contribution in [3.63, 3.8) is 0 Å². The Morgan fingerprint density at radius 1 is 1.38 bits per heavy atom. The van der Waals surface area contributed by atoms with Crippen molar-refractivity contribution in [1.82, 2.24) is 5.32 Å². The van der Waals surface area contributed by atoms with Gasteiger partial charge >= 0.3 is 0 Å². The molecule has 3 atom stereocenters. The molecule has 1 aliphatic rings. The first-order chi connectivity index (χ1) is 9.86. The number of carbonyl (C=O) groups excluding carboxylic acids is 2. The Balaban J connectivity index is 2.43. The van der Waals surface area contributed by atoms with Crippen LogP contribution in [0.2, 0.25) is 0 Å². The van der Waals surface area contributed by atoms with Gasteiger partial charge in [-0.2, -0.15) is 0 Å². The van der Waals surface area contributed by atoms with Crippen LogP contribution in [0.4, 0.5) is 10.1 Å². The highest BCUT2D eigenvalue weighted by molar-refractivity contribution is 6.08. The first-order valence-corrected chi connectivity index (χ1v) is 7.26. The van der Waals surface area contributed by atoms with Crippen LogP contribution in [0.1, 0.15) is 32.8 Å². The van der Waals surface area contributed by atoms with E-state index in [-0.39, 0.29) is 23.5 Å². The minimum Gasteiger partial charge on any atom is -0.342 e. The quantitative estimate of drug-likeness (QED) is 0.930. The zero-order valence-electron chi connectivity index (χ0n) is 12.8. The number of nitrogens with zero attached hydrogens (tertiary/aromatic N) is 1. The van der Waals surface area contributed by atoms with E-state index in [0.717, 1.165) is 6.42 Å². The molecule has 1 fully saturated rings. The zero-order chi connectivity index (χ0) is 15.7. The molecule has 0 bridgehead atoms. The largest absolute Gasteiger partial charge is 0.342 e. The van der Waals surface area contributed by atoms with Gasteiger partial charge in [0, 0.05) is 5.69 Å². The lowest BCUT2D eigenvalue weighted by Crippen LogP contribution is -2.64. The number of hydrogen-bond acceptors (Lipinski definition) is 2. The van der Waals surface area contributed by atoms with Crippen LogP contribution in [0.15, 0.2) is 18.2 Å². The first kappa shape index (κ1) is 15.5.